The molecule has 0 aromatic heterocycles. The fourth-order valence-corrected chi connectivity index (χ4v) is 1.02. The van der Waals surface area contributed by atoms with Gasteiger partial charge >= 0.3 is 0 Å². The van der Waals surface area contributed by atoms with E-state index in [4.69, 9.17) is 4.74 Å². The molecule has 0 fully saturated rings. The van der Waals surface area contributed by atoms with Crippen LogP contribution in [-0.4, -0.2) is 6.61 Å². The quantitative estimate of drug-likeness (QED) is 0.641. The Morgan fingerprint density at radius 3 is 2.64 bits per heavy atom. The van der Waals surface area contributed by atoms with Gasteiger partial charge in [-0.15, -0.1) is 0 Å². The first kappa shape index (κ1) is 8.28. The summed E-state index contributed by atoms with van der Waals surface area (Å²) in [6.07, 6.45) is 0.203. The molecule has 0 aliphatic rings. The highest BCUT2D eigenvalue weighted by Gasteiger charge is 2.01. The number of rotatable bonds is 3. The van der Waals surface area contributed by atoms with Crippen LogP contribution < -0.4 is 0 Å². The second kappa shape index (κ2) is 4.14. The van der Waals surface area contributed by atoms with Crippen molar-refractivity contribution in [3.05, 3.63) is 35.9 Å². The van der Waals surface area contributed by atoms with Crippen molar-refractivity contribution in [2.45, 2.75) is 20.0 Å². The molecule has 0 aliphatic carbocycles. The van der Waals surface area contributed by atoms with Gasteiger partial charge in [-0.05, 0) is 25.5 Å². The third-order valence-electron chi connectivity index (χ3n) is 1.63. The number of benzene rings is 1. The minimum atomic E-state index is 0.203. The Morgan fingerprint density at radius 2 is 2.09 bits per heavy atom. The average molecular weight is 149 g/mol. The van der Waals surface area contributed by atoms with Crippen LogP contribution in [0.5, 0.6) is 0 Å². The maximum Gasteiger partial charge on any atom is 0.0796 e. The molecule has 0 aliphatic heterocycles. The first-order chi connectivity index (χ1) is 5.34. The minimum Gasteiger partial charge on any atom is -0.374 e. The third kappa shape index (κ3) is 2.35. The zero-order valence-corrected chi connectivity index (χ0v) is 7.00. The highest BCUT2D eigenvalue weighted by Crippen LogP contribution is 2.14. The SMILES string of the molecule is CCOC(C)c1cc[c]cc1. The molecule has 1 aromatic rings. The van der Waals surface area contributed by atoms with Gasteiger partial charge in [-0.2, -0.15) is 0 Å². The summed E-state index contributed by atoms with van der Waals surface area (Å²) < 4.78 is 5.41. The second-order valence-corrected chi connectivity index (χ2v) is 2.43. The molecule has 1 aromatic carbocycles. The lowest BCUT2D eigenvalue weighted by Crippen LogP contribution is -1.98. The van der Waals surface area contributed by atoms with Gasteiger partial charge in [0.1, 0.15) is 0 Å². The lowest BCUT2D eigenvalue weighted by atomic mass is 10.1. The van der Waals surface area contributed by atoms with Gasteiger partial charge < -0.3 is 4.74 Å². The molecule has 1 radical (unpaired) electrons. The van der Waals surface area contributed by atoms with Crippen LogP contribution in [0.2, 0.25) is 0 Å². The van der Waals surface area contributed by atoms with E-state index in [-0.39, 0.29) is 6.10 Å². The molecule has 0 heterocycles. The average Bonchev–Trinajstić information content (AvgIpc) is 2.07. The van der Waals surface area contributed by atoms with Gasteiger partial charge in [0.15, 0.2) is 0 Å². The van der Waals surface area contributed by atoms with E-state index < -0.39 is 0 Å². The summed E-state index contributed by atoms with van der Waals surface area (Å²) in [7, 11) is 0. The molecule has 0 amide bonds. The smallest absolute Gasteiger partial charge is 0.0796 e. The molecule has 1 rings (SSSR count). The maximum atomic E-state index is 5.41. The van der Waals surface area contributed by atoms with Crippen molar-refractivity contribution in [3.8, 4) is 0 Å². The van der Waals surface area contributed by atoms with Crippen LogP contribution in [0.3, 0.4) is 0 Å². The lowest BCUT2D eigenvalue weighted by Gasteiger charge is -2.10. The van der Waals surface area contributed by atoms with Crippen LogP contribution in [0.25, 0.3) is 0 Å². The largest absolute Gasteiger partial charge is 0.374 e. The van der Waals surface area contributed by atoms with Crippen molar-refractivity contribution in [1.82, 2.24) is 0 Å². The van der Waals surface area contributed by atoms with Gasteiger partial charge in [0.2, 0.25) is 0 Å². The fourth-order valence-electron chi connectivity index (χ4n) is 1.02. The van der Waals surface area contributed by atoms with E-state index in [2.05, 4.69) is 13.0 Å². The predicted molar refractivity (Wildman–Crippen MR) is 45.3 cm³/mol. The number of hydrogen-bond donors (Lipinski definition) is 0. The van der Waals surface area contributed by atoms with Crippen LogP contribution in [0.15, 0.2) is 24.3 Å². The zero-order chi connectivity index (χ0) is 8.10. The first-order valence-electron chi connectivity index (χ1n) is 3.92. The van der Waals surface area contributed by atoms with Crippen LogP contribution in [0, 0.1) is 6.07 Å². The van der Waals surface area contributed by atoms with Crippen LogP contribution in [-0.2, 0) is 4.74 Å². The van der Waals surface area contributed by atoms with Crippen LogP contribution in [0.4, 0.5) is 0 Å². The van der Waals surface area contributed by atoms with Crippen molar-refractivity contribution in [2.24, 2.45) is 0 Å². The first-order valence-corrected chi connectivity index (χ1v) is 3.92. The molecule has 1 heteroatoms. The van der Waals surface area contributed by atoms with Crippen LogP contribution in [0.1, 0.15) is 25.5 Å². The van der Waals surface area contributed by atoms with Crippen LogP contribution >= 0.6 is 0 Å². The highest BCUT2D eigenvalue weighted by molar-refractivity contribution is 5.15. The van der Waals surface area contributed by atoms with Crippen molar-refractivity contribution in [1.29, 1.82) is 0 Å². The Bertz CT molecular complexity index is 193. The molecule has 1 unspecified atom stereocenters. The summed E-state index contributed by atoms with van der Waals surface area (Å²) in [4.78, 5) is 0. The van der Waals surface area contributed by atoms with Crippen molar-refractivity contribution < 1.29 is 4.74 Å². The molecule has 0 bridgehead atoms. The van der Waals surface area contributed by atoms with Gasteiger partial charge in [-0.3, -0.25) is 0 Å². The summed E-state index contributed by atoms with van der Waals surface area (Å²) >= 11 is 0. The maximum absolute atomic E-state index is 5.41. The van der Waals surface area contributed by atoms with E-state index in [0.717, 1.165) is 6.61 Å². The molecule has 0 saturated heterocycles. The monoisotopic (exact) mass is 149 g/mol. The Balaban J connectivity index is 2.61. The molecule has 1 atom stereocenters. The van der Waals surface area contributed by atoms with Crippen molar-refractivity contribution in [2.75, 3.05) is 6.61 Å². The standard InChI is InChI=1S/C10H13O/c1-3-11-9(2)10-7-5-4-6-8-10/h5-9H,3H2,1-2H3. The summed E-state index contributed by atoms with van der Waals surface area (Å²) in [6.45, 7) is 4.82. The molecule has 0 saturated carbocycles. The number of ether oxygens (including phenoxy) is 1. The van der Waals surface area contributed by atoms with Crippen molar-refractivity contribution in [3.63, 3.8) is 0 Å². The van der Waals surface area contributed by atoms with E-state index in [1.54, 1.807) is 0 Å². The third-order valence-corrected chi connectivity index (χ3v) is 1.63. The molecule has 1 nitrogen and oxygen atoms in total. The summed E-state index contributed by atoms with van der Waals surface area (Å²) in [5.41, 5.74) is 1.21. The predicted octanol–water partition coefficient (Wildman–Crippen LogP) is 2.58. The Kier molecular flexibility index (Phi) is 3.12. The normalized spacial score (nSPS) is 12.9. The number of hydrogen-bond acceptors (Lipinski definition) is 1. The molecular formula is C10H13O. The Morgan fingerprint density at radius 1 is 1.45 bits per heavy atom. The molecule has 11 heavy (non-hydrogen) atoms. The topological polar surface area (TPSA) is 9.23 Å². The summed E-state index contributed by atoms with van der Waals surface area (Å²) in [5, 5.41) is 0. The van der Waals surface area contributed by atoms with E-state index in [1.807, 2.05) is 31.2 Å². The minimum absolute atomic E-state index is 0.203. The zero-order valence-electron chi connectivity index (χ0n) is 7.00. The fraction of sp³-hybridized carbons (Fsp3) is 0.400. The molecule has 59 valence electrons. The summed E-state index contributed by atoms with van der Waals surface area (Å²) in [6, 6.07) is 10.8. The van der Waals surface area contributed by atoms with Gasteiger partial charge in [0.25, 0.3) is 0 Å². The Labute approximate surface area is 68.0 Å². The Hall–Kier alpha value is -0.820. The van der Waals surface area contributed by atoms with Gasteiger partial charge in [-0.25, -0.2) is 0 Å². The lowest BCUT2D eigenvalue weighted by molar-refractivity contribution is 0.0764. The van der Waals surface area contributed by atoms with E-state index in [1.165, 1.54) is 5.56 Å². The van der Waals surface area contributed by atoms with Crippen molar-refractivity contribution >= 4 is 0 Å². The van der Waals surface area contributed by atoms with E-state index in [9.17, 15) is 0 Å². The van der Waals surface area contributed by atoms with E-state index >= 15 is 0 Å². The highest BCUT2D eigenvalue weighted by atomic mass is 16.5. The molecular weight excluding hydrogens is 136 g/mol. The molecule has 0 N–H and O–H groups in total. The molecule has 0 spiro atoms. The van der Waals surface area contributed by atoms with E-state index in [0.29, 0.717) is 0 Å². The summed E-state index contributed by atoms with van der Waals surface area (Å²) in [5.74, 6) is 0. The van der Waals surface area contributed by atoms with Gasteiger partial charge in [0.05, 0.1) is 6.10 Å². The van der Waals surface area contributed by atoms with Gasteiger partial charge in [0, 0.05) is 6.61 Å². The second-order valence-electron chi connectivity index (χ2n) is 2.43. The van der Waals surface area contributed by atoms with Gasteiger partial charge in [-0.1, -0.05) is 24.3 Å².